The van der Waals surface area contributed by atoms with Gasteiger partial charge in [-0.3, -0.25) is 4.79 Å². The summed E-state index contributed by atoms with van der Waals surface area (Å²) >= 11 is 0. The summed E-state index contributed by atoms with van der Waals surface area (Å²) in [5.74, 6) is 2.07. The summed E-state index contributed by atoms with van der Waals surface area (Å²) in [6.45, 7) is 7.32. The Labute approximate surface area is 118 Å². The van der Waals surface area contributed by atoms with Crippen LogP contribution in [0.15, 0.2) is 0 Å². The van der Waals surface area contributed by atoms with E-state index in [1.165, 1.54) is 32.1 Å². The second-order valence-corrected chi connectivity index (χ2v) is 6.48. The predicted molar refractivity (Wildman–Crippen MR) is 79.0 cm³/mol. The van der Waals surface area contributed by atoms with Crippen molar-refractivity contribution in [3.8, 4) is 0 Å². The second kappa shape index (κ2) is 7.28. The lowest BCUT2D eigenvalue weighted by Gasteiger charge is -2.38. The van der Waals surface area contributed by atoms with Crippen LogP contribution in [0.4, 0.5) is 0 Å². The molecule has 0 aromatic heterocycles. The van der Waals surface area contributed by atoms with Crippen molar-refractivity contribution >= 4 is 5.91 Å². The van der Waals surface area contributed by atoms with E-state index in [1.54, 1.807) is 0 Å². The topological polar surface area (TPSA) is 32.3 Å². The summed E-state index contributed by atoms with van der Waals surface area (Å²) in [7, 11) is 0. The molecule has 2 rings (SSSR count). The number of piperidine rings is 1. The highest BCUT2D eigenvalue weighted by molar-refractivity contribution is 5.76. The third kappa shape index (κ3) is 4.79. The number of rotatable bonds is 7. The zero-order valence-electron chi connectivity index (χ0n) is 12.7. The highest BCUT2D eigenvalue weighted by atomic mass is 16.2. The molecule has 1 amide bonds. The van der Waals surface area contributed by atoms with Gasteiger partial charge in [0, 0.05) is 25.6 Å². The molecule has 1 aliphatic carbocycles. The van der Waals surface area contributed by atoms with Crippen LogP contribution < -0.4 is 5.32 Å². The number of carbonyl (C=O) groups is 1. The fourth-order valence-electron chi connectivity index (χ4n) is 3.27. The van der Waals surface area contributed by atoms with Gasteiger partial charge in [0.15, 0.2) is 0 Å². The van der Waals surface area contributed by atoms with Gasteiger partial charge in [0.25, 0.3) is 0 Å². The average Bonchev–Trinajstić information content (AvgIpc) is 3.20. The molecule has 3 nitrogen and oxygen atoms in total. The van der Waals surface area contributed by atoms with Crippen LogP contribution in [0, 0.1) is 11.8 Å². The van der Waals surface area contributed by atoms with Gasteiger partial charge < -0.3 is 10.2 Å². The molecule has 0 radical (unpaired) electrons. The number of likely N-dealkylation sites (tertiary alicyclic amines) is 1. The first-order chi connectivity index (χ1) is 9.22. The van der Waals surface area contributed by atoms with Crippen molar-refractivity contribution in [2.75, 3.05) is 19.6 Å². The van der Waals surface area contributed by atoms with Crippen molar-refractivity contribution in [3.05, 3.63) is 0 Å². The third-order valence-corrected chi connectivity index (χ3v) is 4.40. The molecule has 1 saturated heterocycles. The van der Waals surface area contributed by atoms with Crippen molar-refractivity contribution in [1.29, 1.82) is 0 Å². The molecule has 2 aliphatic rings. The first-order valence-electron chi connectivity index (χ1n) is 8.24. The Bertz CT molecular complexity index is 288. The molecule has 0 spiro atoms. The van der Waals surface area contributed by atoms with Gasteiger partial charge in [0.1, 0.15) is 0 Å². The first kappa shape index (κ1) is 14.8. The first-order valence-corrected chi connectivity index (χ1v) is 8.24. The zero-order valence-corrected chi connectivity index (χ0v) is 12.7. The van der Waals surface area contributed by atoms with E-state index in [-0.39, 0.29) is 0 Å². The zero-order chi connectivity index (χ0) is 13.7. The van der Waals surface area contributed by atoms with Crippen LogP contribution in [0.3, 0.4) is 0 Å². The number of nitrogens with zero attached hydrogens (tertiary/aromatic N) is 1. The third-order valence-electron chi connectivity index (χ3n) is 4.40. The second-order valence-electron chi connectivity index (χ2n) is 6.48. The molecule has 1 aliphatic heterocycles. The SMILES string of the molecule is CCCNC1CC(CC2CC2)CN(C(=O)CCC)C1. The molecule has 0 aromatic carbocycles. The van der Waals surface area contributed by atoms with Crippen LogP contribution in [0.5, 0.6) is 0 Å². The minimum atomic E-state index is 0.367. The quantitative estimate of drug-likeness (QED) is 0.768. The maximum atomic E-state index is 12.2. The van der Waals surface area contributed by atoms with Gasteiger partial charge in [-0.2, -0.15) is 0 Å². The molecule has 3 heteroatoms. The average molecular weight is 266 g/mol. The molecule has 19 heavy (non-hydrogen) atoms. The van der Waals surface area contributed by atoms with Crippen molar-refractivity contribution in [3.63, 3.8) is 0 Å². The minimum Gasteiger partial charge on any atom is -0.341 e. The Morgan fingerprint density at radius 3 is 2.58 bits per heavy atom. The smallest absolute Gasteiger partial charge is 0.222 e. The lowest BCUT2D eigenvalue weighted by molar-refractivity contribution is -0.133. The van der Waals surface area contributed by atoms with Crippen LogP contribution in [-0.4, -0.2) is 36.5 Å². The van der Waals surface area contributed by atoms with Gasteiger partial charge in [-0.15, -0.1) is 0 Å². The summed E-state index contributed by atoms with van der Waals surface area (Å²) in [5, 5.41) is 3.63. The Hall–Kier alpha value is -0.570. The minimum absolute atomic E-state index is 0.367. The highest BCUT2D eigenvalue weighted by Gasteiger charge is 2.33. The van der Waals surface area contributed by atoms with E-state index in [4.69, 9.17) is 0 Å². The van der Waals surface area contributed by atoms with Crippen molar-refractivity contribution < 1.29 is 4.79 Å². The normalized spacial score (nSPS) is 27.6. The van der Waals surface area contributed by atoms with E-state index >= 15 is 0 Å². The number of nitrogens with one attached hydrogen (secondary N) is 1. The van der Waals surface area contributed by atoms with Gasteiger partial charge in [0.05, 0.1) is 0 Å². The summed E-state index contributed by atoms with van der Waals surface area (Å²) in [5.41, 5.74) is 0. The lowest BCUT2D eigenvalue weighted by Crippen LogP contribution is -2.51. The molecule has 1 saturated carbocycles. The van der Waals surface area contributed by atoms with Crippen LogP contribution in [0.1, 0.15) is 58.8 Å². The fraction of sp³-hybridized carbons (Fsp3) is 0.938. The Kier molecular flexibility index (Phi) is 5.68. The summed E-state index contributed by atoms with van der Waals surface area (Å²) in [4.78, 5) is 14.3. The molecule has 0 aromatic rings. The Morgan fingerprint density at radius 1 is 1.16 bits per heavy atom. The molecular weight excluding hydrogens is 236 g/mol. The molecule has 1 N–H and O–H groups in total. The van der Waals surface area contributed by atoms with Gasteiger partial charge in [-0.25, -0.2) is 0 Å². The Morgan fingerprint density at radius 2 is 1.95 bits per heavy atom. The van der Waals surface area contributed by atoms with E-state index in [9.17, 15) is 4.79 Å². The van der Waals surface area contributed by atoms with E-state index in [1.807, 2.05) is 0 Å². The molecule has 2 fully saturated rings. The summed E-state index contributed by atoms with van der Waals surface area (Å²) < 4.78 is 0. The molecule has 1 heterocycles. The van der Waals surface area contributed by atoms with E-state index < -0.39 is 0 Å². The van der Waals surface area contributed by atoms with Crippen LogP contribution in [0.25, 0.3) is 0 Å². The van der Waals surface area contributed by atoms with Crippen molar-refractivity contribution in [2.45, 2.75) is 64.8 Å². The summed E-state index contributed by atoms with van der Waals surface area (Å²) in [6.07, 6.45) is 8.32. The van der Waals surface area contributed by atoms with Crippen LogP contribution >= 0.6 is 0 Å². The molecule has 0 bridgehead atoms. The maximum absolute atomic E-state index is 12.2. The number of amides is 1. The van der Waals surface area contributed by atoms with E-state index in [0.29, 0.717) is 11.9 Å². The lowest BCUT2D eigenvalue weighted by atomic mass is 9.89. The van der Waals surface area contributed by atoms with Gasteiger partial charge >= 0.3 is 0 Å². The standard InChI is InChI=1S/C16H30N2O/c1-3-5-16(19)18-11-14(9-13-6-7-13)10-15(12-18)17-8-4-2/h13-15,17H,3-12H2,1-2H3. The monoisotopic (exact) mass is 266 g/mol. The van der Waals surface area contributed by atoms with Crippen molar-refractivity contribution in [2.24, 2.45) is 11.8 Å². The number of carbonyl (C=O) groups excluding carboxylic acids is 1. The van der Waals surface area contributed by atoms with Gasteiger partial charge in [-0.1, -0.05) is 26.7 Å². The molecule has 2 unspecified atom stereocenters. The largest absolute Gasteiger partial charge is 0.341 e. The number of hydrogen-bond acceptors (Lipinski definition) is 2. The van der Waals surface area contributed by atoms with Gasteiger partial charge in [0.2, 0.25) is 5.91 Å². The molecule has 110 valence electrons. The van der Waals surface area contributed by atoms with E-state index in [0.717, 1.165) is 44.3 Å². The van der Waals surface area contributed by atoms with Crippen molar-refractivity contribution in [1.82, 2.24) is 10.2 Å². The van der Waals surface area contributed by atoms with Crippen LogP contribution in [0.2, 0.25) is 0 Å². The molecular formula is C16H30N2O. The maximum Gasteiger partial charge on any atom is 0.222 e. The number of hydrogen-bond donors (Lipinski definition) is 1. The fourth-order valence-corrected chi connectivity index (χ4v) is 3.27. The van der Waals surface area contributed by atoms with Crippen LogP contribution in [-0.2, 0) is 4.79 Å². The highest BCUT2D eigenvalue weighted by Crippen LogP contribution is 2.37. The van der Waals surface area contributed by atoms with Gasteiger partial charge in [-0.05, 0) is 44.1 Å². The van der Waals surface area contributed by atoms with E-state index in [2.05, 4.69) is 24.1 Å². The molecule has 2 atom stereocenters. The summed E-state index contributed by atoms with van der Waals surface area (Å²) in [6, 6.07) is 0.526. The Balaban J connectivity index is 1.87. The predicted octanol–water partition coefficient (Wildman–Crippen LogP) is 2.80.